The maximum Gasteiger partial charge on any atom is 0.161 e. The molecule has 4 nitrogen and oxygen atoms in total. The van der Waals surface area contributed by atoms with Crippen molar-refractivity contribution in [1.29, 1.82) is 0 Å². The summed E-state index contributed by atoms with van der Waals surface area (Å²) in [5.41, 5.74) is 1.11. The quantitative estimate of drug-likeness (QED) is 0.725. The monoisotopic (exact) mass is 211 g/mol. The summed E-state index contributed by atoms with van der Waals surface area (Å²) >= 11 is 0. The predicted octanol–water partition coefficient (Wildman–Crippen LogP) is 1.53. The van der Waals surface area contributed by atoms with Gasteiger partial charge in [0.25, 0.3) is 0 Å². The van der Waals surface area contributed by atoms with Crippen molar-refractivity contribution in [2.45, 2.75) is 13.3 Å². The topological polar surface area (TPSA) is 53.7 Å². The number of benzene rings is 1. The summed E-state index contributed by atoms with van der Waals surface area (Å²) in [6.45, 7) is 3.06. The van der Waals surface area contributed by atoms with Gasteiger partial charge >= 0.3 is 0 Å². The summed E-state index contributed by atoms with van der Waals surface area (Å²) in [5.74, 6) is 6.47. The van der Waals surface area contributed by atoms with Crippen LogP contribution in [0.15, 0.2) is 18.2 Å². The Labute approximate surface area is 89.9 Å². The molecule has 0 saturated heterocycles. The van der Waals surface area contributed by atoms with E-state index in [1.165, 1.54) is 0 Å². The zero-order valence-electron chi connectivity index (χ0n) is 9.16. The highest BCUT2D eigenvalue weighted by Gasteiger charge is 2.04. The van der Waals surface area contributed by atoms with E-state index in [0.29, 0.717) is 13.2 Å². The van der Waals surface area contributed by atoms with Crippen LogP contribution in [0, 0.1) is 0 Å². The minimum absolute atomic E-state index is 0.497. The van der Waals surface area contributed by atoms with E-state index >= 15 is 0 Å². The van der Waals surface area contributed by atoms with Crippen LogP contribution in [-0.4, -0.2) is 20.3 Å². The van der Waals surface area contributed by atoms with Gasteiger partial charge in [0.05, 0.1) is 20.3 Å². The van der Waals surface area contributed by atoms with Gasteiger partial charge in [-0.1, -0.05) is 6.07 Å². The number of hydrogen-bond donors (Lipinski definition) is 1. The van der Waals surface area contributed by atoms with E-state index in [1.54, 1.807) is 7.11 Å². The maximum absolute atomic E-state index is 5.41. The maximum atomic E-state index is 5.41. The van der Waals surface area contributed by atoms with Gasteiger partial charge in [-0.2, -0.15) is 0 Å². The molecule has 15 heavy (non-hydrogen) atoms. The summed E-state index contributed by atoms with van der Waals surface area (Å²) in [5, 5.41) is 0. The van der Waals surface area contributed by atoms with Crippen LogP contribution >= 0.6 is 0 Å². The van der Waals surface area contributed by atoms with E-state index in [9.17, 15) is 0 Å². The lowest BCUT2D eigenvalue weighted by Gasteiger charge is -2.10. The van der Waals surface area contributed by atoms with Gasteiger partial charge in [-0.05, 0) is 31.0 Å². The van der Waals surface area contributed by atoms with Crippen LogP contribution in [0.1, 0.15) is 12.5 Å². The Bertz CT molecular complexity index is 302. The molecule has 0 atom stereocenters. The van der Waals surface area contributed by atoms with Crippen molar-refractivity contribution < 1.29 is 14.3 Å². The number of rotatable bonds is 6. The largest absolute Gasteiger partial charge is 0.493 e. The first-order valence-corrected chi connectivity index (χ1v) is 4.93. The second-order valence-corrected chi connectivity index (χ2v) is 3.04. The van der Waals surface area contributed by atoms with Gasteiger partial charge < -0.3 is 14.3 Å². The molecule has 0 spiro atoms. The van der Waals surface area contributed by atoms with E-state index in [4.69, 9.17) is 15.4 Å². The molecule has 0 radical (unpaired) electrons. The lowest BCUT2D eigenvalue weighted by atomic mass is 10.1. The SMILES string of the molecule is CCOc1ccc(CCON)cc1OC. The van der Waals surface area contributed by atoms with Crippen molar-refractivity contribution in [3.63, 3.8) is 0 Å². The lowest BCUT2D eigenvalue weighted by Crippen LogP contribution is -2.04. The summed E-state index contributed by atoms with van der Waals surface area (Å²) < 4.78 is 10.6. The zero-order chi connectivity index (χ0) is 11.1. The second kappa shape index (κ2) is 6.27. The lowest BCUT2D eigenvalue weighted by molar-refractivity contribution is 0.141. The van der Waals surface area contributed by atoms with E-state index in [1.807, 2.05) is 25.1 Å². The molecule has 1 aromatic carbocycles. The summed E-state index contributed by atoms with van der Waals surface area (Å²) in [7, 11) is 1.63. The van der Waals surface area contributed by atoms with E-state index < -0.39 is 0 Å². The Morgan fingerprint density at radius 3 is 2.67 bits per heavy atom. The highest BCUT2D eigenvalue weighted by molar-refractivity contribution is 5.43. The van der Waals surface area contributed by atoms with Gasteiger partial charge in [0.1, 0.15) is 0 Å². The van der Waals surface area contributed by atoms with Crippen LogP contribution in [0.2, 0.25) is 0 Å². The summed E-state index contributed by atoms with van der Waals surface area (Å²) in [4.78, 5) is 4.52. The van der Waals surface area contributed by atoms with Crippen LogP contribution in [-0.2, 0) is 11.3 Å². The molecule has 0 fully saturated rings. The fraction of sp³-hybridized carbons (Fsp3) is 0.455. The Morgan fingerprint density at radius 1 is 1.27 bits per heavy atom. The fourth-order valence-electron chi connectivity index (χ4n) is 1.32. The molecular formula is C11H17NO3. The normalized spacial score (nSPS) is 10.1. The smallest absolute Gasteiger partial charge is 0.161 e. The second-order valence-electron chi connectivity index (χ2n) is 3.04. The van der Waals surface area contributed by atoms with Crippen molar-refractivity contribution in [3.05, 3.63) is 23.8 Å². The average molecular weight is 211 g/mol. The van der Waals surface area contributed by atoms with Crippen molar-refractivity contribution in [2.75, 3.05) is 20.3 Å². The highest BCUT2D eigenvalue weighted by atomic mass is 16.6. The van der Waals surface area contributed by atoms with Gasteiger partial charge in [-0.25, -0.2) is 5.90 Å². The molecule has 4 heteroatoms. The van der Waals surface area contributed by atoms with Crippen LogP contribution in [0.5, 0.6) is 11.5 Å². The third-order valence-corrected chi connectivity index (χ3v) is 2.04. The van der Waals surface area contributed by atoms with Crippen molar-refractivity contribution in [1.82, 2.24) is 0 Å². The molecule has 0 amide bonds. The zero-order valence-corrected chi connectivity index (χ0v) is 9.16. The Hall–Kier alpha value is -1.26. The first kappa shape index (κ1) is 11.8. The Morgan fingerprint density at radius 2 is 2.07 bits per heavy atom. The van der Waals surface area contributed by atoms with Gasteiger partial charge in [0.2, 0.25) is 0 Å². The molecule has 0 saturated carbocycles. The molecule has 0 unspecified atom stereocenters. The number of methoxy groups -OCH3 is 1. The highest BCUT2D eigenvalue weighted by Crippen LogP contribution is 2.28. The third kappa shape index (κ3) is 3.42. The van der Waals surface area contributed by atoms with Crippen molar-refractivity contribution in [3.8, 4) is 11.5 Å². The molecule has 1 rings (SSSR count). The molecule has 0 heterocycles. The average Bonchev–Trinajstić information content (AvgIpc) is 2.28. The van der Waals surface area contributed by atoms with Crippen LogP contribution < -0.4 is 15.4 Å². The van der Waals surface area contributed by atoms with Crippen LogP contribution in [0.25, 0.3) is 0 Å². The Kier molecular flexibility index (Phi) is 4.93. The fourth-order valence-corrected chi connectivity index (χ4v) is 1.32. The van der Waals surface area contributed by atoms with Crippen LogP contribution in [0.4, 0.5) is 0 Å². The summed E-state index contributed by atoms with van der Waals surface area (Å²) in [6, 6.07) is 5.81. The third-order valence-electron chi connectivity index (χ3n) is 2.04. The number of hydrogen-bond acceptors (Lipinski definition) is 4. The van der Waals surface area contributed by atoms with Gasteiger partial charge in [0.15, 0.2) is 11.5 Å². The molecule has 0 aliphatic heterocycles. The molecule has 0 aliphatic rings. The van der Waals surface area contributed by atoms with Gasteiger partial charge in [-0.15, -0.1) is 0 Å². The summed E-state index contributed by atoms with van der Waals surface area (Å²) in [6.07, 6.45) is 0.763. The van der Waals surface area contributed by atoms with E-state index in [-0.39, 0.29) is 0 Å². The van der Waals surface area contributed by atoms with Crippen molar-refractivity contribution >= 4 is 0 Å². The van der Waals surface area contributed by atoms with Crippen LogP contribution in [0.3, 0.4) is 0 Å². The molecule has 1 aromatic rings. The molecular weight excluding hydrogens is 194 g/mol. The molecule has 0 bridgehead atoms. The van der Waals surface area contributed by atoms with E-state index in [0.717, 1.165) is 23.5 Å². The molecule has 2 N–H and O–H groups in total. The van der Waals surface area contributed by atoms with Gasteiger partial charge in [-0.3, -0.25) is 0 Å². The molecule has 84 valence electrons. The molecule has 0 aromatic heterocycles. The standard InChI is InChI=1S/C11H17NO3/c1-3-14-10-5-4-9(6-7-15-12)8-11(10)13-2/h4-5,8H,3,6-7,12H2,1-2H3. The first-order valence-electron chi connectivity index (χ1n) is 4.93. The minimum Gasteiger partial charge on any atom is -0.493 e. The van der Waals surface area contributed by atoms with E-state index in [2.05, 4.69) is 4.84 Å². The predicted molar refractivity (Wildman–Crippen MR) is 58.0 cm³/mol. The number of nitrogens with two attached hydrogens (primary N) is 1. The molecule has 0 aliphatic carbocycles. The van der Waals surface area contributed by atoms with Gasteiger partial charge in [0, 0.05) is 0 Å². The minimum atomic E-state index is 0.497. The number of ether oxygens (including phenoxy) is 2. The first-order chi connectivity index (χ1) is 7.31. The Balaban J connectivity index is 2.77. The van der Waals surface area contributed by atoms with Crippen molar-refractivity contribution in [2.24, 2.45) is 5.90 Å².